The first-order chi connectivity index (χ1) is 8.74. The predicted molar refractivity (Wildman–Crippen MR) is 70.1 cm³/mol. The summed E-state index contributed by atoms with van der Waals surface area (Å²) in [5, 5.41) is 0.755. The third-order valence-electron chi connectivity index (χ3n) is 3.14. The molecule has 1 amide bonds. The van der Waals surface area contributed by atoms with Gasteiger partial charge >= 0.3 is 0 Å². The molecule has 3 rings (SSSR count). The molecule has 0 spiro atoms. The van der Waals surface area contributed by atoms with E-state index < -0.39 is 0 Å². The van der Waals surface area contributed by atoms with Gasteiger partial charge < -0.3 is 0 Å². The number of amidine groups is 1. The van der Waals surface area contributed by atoms with Crippen LogP contribution in [0, 0.1) is 5.82 Å². The van der Waals surface area contributed by atoms with E-state index in [1.807, 2.05) is 0 Å². The molecule has 0 N–H and O–H groups in total. The lowest BCUT2D eigenvalue weighted by Crippen LogP contribution is -2.36. The van der Waals surface area contributed by atoms with Gasteiger partial charge in [0, 0.05) is 13.1 Å². The van der Waals surface area contributed by atoms with Crippen LogP contribution >= 0.6 is 11.8 Å². The molecule has 0 aliphatic carbocycles. The summed E-state index contributed by atoms with van der Waals surface area (Å²) in [4.78, 5) is 18.3. The fourth-order valence-electron chi connectivity index (χ4n) is 2.20. The molecule has 1 atom stereocenters. The van der Waals surface area contributed by atoms with Crippen molar-refractivity contribution in [3.8, 4) is 0 Å². The van der Waals surface area contributed by atoms with Crippen LogP contribution in [0.5, 0.6) is 0 Å². The molecule has 1 aromatic rings. The van der Waals surface area contributed by atoms with Crippen molar-refractivity contribution in [2.24, 2.45) is 4.99 Å². The number of carbonyl (C=O) groups is 1. The smallest absolute Gasteiger partial charge is 0.242 e. The molecule has 3 nitrogen and oxygen atoms in total. The van der Waals surface area contributed by atoms with Crippen LogP contribution in [0.3, 0.4) is 0 Å². The van der Waals surface area contributed by atoms with Crippen molar-refractivity contribution >= 4 is 22.8 Å². The average molecular weight is 264 g/mol. The quantitative estimate of drug-likeness (QED) is 0.819. The van der Waals surface area contributed by atoms with Crippen molar-refractivity contribution in [2.45, 2.75) is 18.1 Å². The minimum absolute atomic E-state index is 0.104. The van der Waals surface area contributed by atoms with Gasteiger partial charge in [0.25, 0.3) is 0 Å². The Labute approximate surface area is 109 Å². The highest BCUT2D eigenvalue weighted by Crippen LogP contribution is 2.31. The summed E-state index contributed by atoms with van der Waals surface area (Å²) in [6, 6.07) is 6.35. The fraction of sp³-hybridized carbons (Fsp3) is 0.385. The van der Waals surface area contributed by atoms with E-state index in [0.29, 0.717) is 6.42 Å². The Morgan fingerprint density at radius 2 is 2.17 bits per heavy atom. The molecular formula is C13H13FN2OS. The van der Waals surface area contributed by atoms with E-state index in [1.165, 1.54) is 23.9 Å². The molecule has 0 aromatic heterocycles. The van der Waals surface area contributed by atoms with Crippen LogP contribution in [-0.2, 0) is 11.2 Å². The number of hydrogen-bond donors (Lipinski definition) is 0. The number of rotatable bonds is 2. The zero-order valence-corrected chi connectivity index (χ0v) is 10.6. The fourth-order valence-corrected chi connectivity index (χ4v) is 3.44. The number of amides is 1. The standard InChI is InChI=1S/C13H13FN2OS/c14-10-4-2-9(3-5-10)8-11-12(17)16-7-1-6-15-13(16)18-11/h2-5,11H,1,6-8H2. The van der Waals surface area contributed by atoms with Crippen LogP contribution in [0.15, 0.2) is 29.3 Å². The number of fused-ring (bicyclic) bond motifs is 1. The summed E-state index contributed by atoms with van der Waals surface area (Å²) < 4.78 is 12.8. The van der Waals surface area contributed by atoms with Gasteiger partial charge in [0.15, 0.2) is 5.17 Å². The van der Waals surface area contributed by atoms with Crippen LogP contribution in [0.2, 0.25) is 0 Å². The minimum Gasteiger partial charge on any atom is -0.291 e. The number of carbonyl (C=O) groups excluding carboxylic acids is 1. The highest BCUT2D eigenvalue weighted by Gasteiger charge is 2.38. The second kappa shape index (κ2) is 4.72. The first-order valence-electron chi connectivity index (χ1n) is 6.01. The van der Waals surface area contributed by atoms with Crippen LogP contribution in [-0.4, -0.2) is 34.3 Å². The van der Waals surface area contributed by atoms with Crippen molar-refractivity contribution in [2.75, 3.05) is 13.1 Å². The Kier molecular flexibility index (Phi) is 3.07. The van der Waals surface area contributed by atoms with Gasteiger partial charge in [0.2, 0.25) is 5.91 Å². The lowest BCUT2D eigenvalue weighted by atomic mass is 10.1. The summed E-state index contributed by atoms with van der Waals surface area (Å²) in [7, 11) is 0. The van der Waals surface area contributed by atoms with Crippen LogP contribution < -0.4 is 0 Å². The van der Waals surface area contributed by atoms with Gasteiger partial charge in [0.1, 0.15) is 5.82 Å². The summed E-state index contributed by atoms with van der Waals surface area (Å²) in [6.07, 6.45) is 1.58. The Hall–Kier alpha value is -1.36. The first kappa shape index (κ1) is 11.7. The number of benzene rings is 1. The van der Waals surface area contributed by atoms with Gasteiger partial charge in [-0.25, -0.2) is 4.39 Å². The van der Waals surface area contributed by atoms with Crippen molar-refractivity contribution in [1.29, 1.82) is 0 Å². The number of aliphatic imine (C=N–C) groups is 1. The van der Waals surface area contributed by atoms with Crippen molar-refractivity contribution in [3.63, 3.8) is 0 Å². The number of hydrogen-bond acceptors (Lipinski definition) is 3. The summed E-state index contributed by atoms with van der Waals surface area (Å²) in [5.74, 6) is -0.103. The summed E-state index contributed by atoms with van der Waals surface area (Å²) >= 11 is 1.53. The van der Waals surface area contributed by atoms with Gasteiger partial charge in [-0.1, -0.05) is 23.9 Å². The Morgan fingerprint density at radius 1 is 1.39 bits per heavy atom. The molecule has 1 aromatic carbocycles. The van der Waals surface area contributed by atoms with Crippen molar-refractivity contribution in [3.05, 3.63) is 35.6 Å². The van der Waals surface area contributed by atoms with Crippen LogP contribution in [0.25, 0.3) is 0 Å². The molecule has 5 heteroatoms. The molecule has 2 heterocycles. The second-order valence-electron chi connectivity index (χ2n) is 4.44. The third-order valence-corrected chi connectivity index (χ3v) is 4.35. The number of nitrogens with zero attached hydrogens (tertiary/aromatic N) is 2. The van der Waals surface area contributed by atoms with E-state index in [2.05, 4.69) is 4.99 Å². The lowest BCUT2D eigenvalue weighted by molar-refractivity contribution is -0.126. The SMILES string of the molecule is O=C1C(Cc2ccc(F)cc2)SC2=NCCCN12. The molecule has 18 heavy (non-hydrogen) atoms. The average Bonchev–Trinajstić information content (AvgIpc) is 2.70. The first-order valence-corrected chi connectivity index (χ1v) is 6.89. The number of halogens is 1. The Bertz CT molecular complexity index is 500. The highest BCUT2D eigenvalue weighted by molar-refractivity contribution is 8.15. The topological polar surface area (TPSA) is 32.7 Å². The molecule has 0 bridgehead atoms. The maximum Gasteiger partial charge on any atom is 0.242 e. The van der Waals surface area contributed by atoms with E-state index in [4.69, 9.17) is 0 Å². The van der Waals surface area contributed by atoms with Gasteiger partial charge in [-0.05, 0) is 30.5 Å². The largest absolute Gasteiger partial charge is 0.291 e. The molecule has 1 saturated heterocycles. The maximum atomic E-state index is 12.8. The zero-order valence-electron chi connectivity index (χ0n) is 9.80. The van der Waals surface area contributed by atoms with Crippen LogP contribution in [0.4, 0.5) is 4.39 Å². The van der Waals surface area contributed by atoms with E-state index in [0.717, 1.165) is 30.2 Å². The molecule has 94 valence electrons. The Balaban J connectivity index is 1.74. The predicted octanol–water partition coefficient (Wildman–Crippen LogP) is 2.07. The van der Waals surface area contributed by atoms with Gasteiger partial charge in [-0.3, -0.25) is 14.7 Å². The van der Waals surface area contributed by atoms with E-state index >= 15 is 0 Å². The van der Waals surface area contributed by atoms with Crippen molar-refractivity contribution in [1.82, 2.24) is 4.90 Å². The molecule has 2 aliphatic heterocycles. The van der Waals surface area contributed by atoms with Crippen LogP contribution in [0.1, 0.15) is 12.0 Å². The van der Waals surface area contributed by atoms with Gasteiger partial charge in [-0.15, -0.1) is 0 Å². The van der Waals surface area contributed by atoms with E-state index in [-0.39, 0.29) is 17.0 Å². The maximum absolute atomic E-state index is 12.8. The molecule has 0 radical (unpaired) electrons. The minimum atomic E-state index is -0.244. The zero-order chi connectivity index (χ0) is 12.5. The molecule has 0 saturated carbocycles. The normalized spacial score (nSPS) is 22.9. The van der Waals surface area contributed by atoms with Gasteiger partial charge in [0.05, 0.1) is 5.25 Å². The lowest BCUT2D eigenvalue weighted by Gasteiger charge is -2.19. The summed E-state index contributed by atoms with van der Waals surface area (Å²) in [6.45, 7) is 1.60. The van der Waals surface area contributed by atoms with Gasteiger partial charge in [-0.2, -0.15) is 0 Å². The molecule has 1 fully saturated rings. The highest BCUT2D eigenvalue weighted by atomic mass is 32.2. The van der Waals surface area contributed by atoms with Crippen molar-refractivity contribution < 1.29 is 9.18 Å². The Morgan fingerprint density at radius 3 is 2.89 bits per heavy atom. The summed E-state index contributed by atoms with van der Waals surface area (Å²) in [5.41, 5.74) is 0.989. The molecule has 1 unspecified atom stereocenters. The monoisotopic (exact) mass is 264 g/mol. The van der Waals surface area contributed by atoms with E-state index in [9.17, 15) is 9.18 Å². The second-order valence-corrected chi connectivity index (χ2v) is 5.61. The number of thioether (sulfide) groups is 1. The molecular weight excluding hydrogens is 251 g/mol. The molecule has 2 aliphatic rings. The third kappa shape index (κ3) is 2.14. The van der Waals surface area contributed by atoms with E-state index in [1.54, 1.807) is 17.0 Å².